The molecule has 0 amide bonds. The van der Waals surface area contributed by atoms with Crippen LogP contribution in [-0.2, 0) is 12.8 Å². The van der Waals surface area contributed by atoms with Gasteiger partial charge in [-0.3, -0.25) is 0 Å². The van der Waals surface area contributed by atoms with Crippen LogP contribution in [0.3, 0.4) is 0 Å². The number of rotatable bonds is 12. The quantitative estimate of drug-likeness (QED) is 0.0480. The molecule has 0 spiro atoms. The molecule has 0 saturated carbocycles. The van der Waals surface area contributed by atoms with Gasteiger partial charge in [0.1, 0.15) is 23.0 Å². The molecule has 0 bridgehead atoms. The van der Waals surface area contributed by atoms with Gasteiger partial charge in [-0.05, 0) is 156 Å². The molecule has 10 heteroatoms. The zero-order valence-electron chi connectivity index (χ0n) is 32.3. The van der Waals surface area contributed by atoms with E-state index in [2.05, 4.69) is 67.2 Å². The minimum atomic E-state index is -1.30. The van der Waals surface area contributed by atoms with E-state index in [4.69, 9.17) is 10.0 Å². The van der Waals surface area contributed by atoms with E-state index in [1.54, 1.807) is 28.2 Å². The molecule has 2 heterocycles. The van der Waals surface area contributed by atoms with E-state index in [9.17, 15) is 20.4 Å². The van der Waals surface area contributed by atoms with Crippen LogP contribution in [0.2, 0.25) is 0 Å². The Morgan fingerprint density at radius 2 is 1.22 bits per heavy atom. The molecule has 2 aliphatic carbocycles. The SMILES string of the molecule is CCCCCc1cc(O)c(C2C=C(C)CCC2)c(O)c1-c1ccsc1.CCCCCc1cc(O)c(C2C=C(C)CCC2)c(O)c1Br.OB(O)c1ccsc1. The normalized spacial score (nSPS) is 16.7. The fraction of sp³-hybridized carbons (Fsp3) is 0.455. The van der Waals surface area contributed by atoms with Crippen molar-refractivity contribution in [1.82, 2.24) is 0 Å². The van der Waals surface area contributed by atoms with E-state index < -0.39 is 7.12 Å². The molecule has 2 aromatic carbocycles. The van der Waals surface area contributed by atoms with Gasteiger partial charge in [-0.2, -0.15) is 22.7 Å². The third kappa shape index (κ3) is 12.0. The molecule has 6 nitrogen and oxygen atoms in total. The highest BCUT2D eigenvalue weighted by Gasteiger charge is 2.26. The Morgan fingerprint density at radius 3 is 1.69 bits per heavy atom. The second-order valence-corrected chi connectivity index (χ2v) is 17.1. The lowest BCUT2D eigenvalue weighted by molar-refractivity contribution is 0.424. The maximum absolute atomic E-state index is 11.1. The number of allylic oxidation sites excluding steroid dienone is 4. The van der Waals surface area contributed by atoms with E-state index in [0.717, 1.165) is 104 Å². The van der Waals surface area contributed by atoms with Crippen molar-refractivity contribution in [3.05, 3.63) is 95.8 Å². The summed E-state index contributed by atoms with van der Waals surface area (Å²) in [6.45, 7) is 8.62. The number of aromatic hydroxyl groups is 4. The van der Waals surface area contributed by atoms with Crippen molar-refractivity contribution in [3.63, 3.8) is 0 Å². The standard InChI is InChI=1S/C22H28O2S.C18H25BrO2.C4H5BO2S/c1-3-4-5-8-17-13-19(23)21(16-9-6-7-15(2)12-16)22(24)20(17)18-10-11-25-14-18;1-3-4-5-8-14-11-15(20)16(18(21)17(14)19)13-9-6-7-12(2)10-13;6-5(7)4-1-2-8-3-4/h10-14,16,23-24H,3-9H2,1-2H3;10-11,13,20-21H,3-9H2,1-2H3;1-3,6-7H. The number of halogens is 1. The van der Waals surface area contributed by atoms with Crippen LogP contribution in [0.25, 0.3) is 11.1 Å². The molecule has 54 heavy (non-hydrogen) atoms. The maximum atomic E-state index is 11.1. The van der Waals surface area contributed by atoms with Crippen LogP contribution in [0.1, 0.15) is 139 Å². The average molecular weight is 838 g/mol. The minimum absolute atomic E-state index is 0.107. The first-order chi connectivity index (χ1) is 26.0. The monoisotopic (exact) mass is 836 g/mol. The number of aryl methyl sites for hydroxylation is 2. The topological polar surface area (TPSA) is 121 Å². The smallest absolute Gasteiger partial charge is 0.489 e. The number of thiophene rings is 2. The van der Waals surface area contributed by atoms with Crippen molar-refractivity contribution in [2.45, 2.75) is 129 Å². The van der Waals surface area contributed by atoms with Gasteiger partial charge in [-0.1, -0.05) is 68.9 Å². The zero-order chi connectivity index (χ0) is 39.2. The van der Waals surface area contributed by atoms with Gasteiger partial charge < -0.3 is 30.5 Å². The summed E-state index contributed by atoms with van der Waals surface area (Å²) in [6, 6.07) is 7.46. The van der Waals surface area contributed by atoms with Crippen molar-refractivity contribution < 1.29 is 30.5 Å². The van der Waals surface area contributed by atoms with E-state index >= 15 is 0 Å². The fourth-order valence-electron chi connectivity index (χ4n) is 7.49. The van der Waals surface area contributed by atoms with Crippen LogP contribution in [0.5, 0.6) is 23.0 Å². The third-order valence-electron chi connectivity index (χ3n) is 10.4. The molecule has 2 aromatic heterocycles. The highest BCUT2D eigenvalue weighted by Crippen LogP contribution is 2.48. The molecule has 0 fully saturated rings. The van der Waals surface area contributed by atoms with Gasteiger partial charge in [0.05, 0.1) is 4.47 Å². The lowest BCUT2D eigenvalue weighted by Crippen LogP contribution is -2.27. The Balaban J connectivity index is 0.000000202. The first-order valence-corrected chi connectivity index (χ1v) is 22.2. The molecular formula is C44H58BBrO6S2. The van der Waals surface area contributed by atoms with Gasteiger partial charge >= 0.3 is 7.12 Å². The summed E-state index contributed by atoms with van der Waals surface area (Å²) in [5.74, 6) is 1.21. The summed E-state index contributed by atoms with van der Waals surface area (Å²) in [5.41, 5.74) is 8.68. The Kier molecular flexibility index (Phi) is 17.7. The maximum Gasteiger partial charge on any atom is 0.489 e. The number of phenols is 4. The molecule has 6 N–H and O–H groups in total. The van der Waals surface area contributed by atoms with E-state index in [-0.39, 0.29) is 34.8 Å². The summed E-state index contributed by atoms with van der Waals surface area (Å²) >= 11 is 6.61. The van der Waals surface area contributed by atoms with Crippen molar-refractivity contribution in [2.24, 2.45) is 0 Å². The molecule has 0 saturated heterocycles. The van der Waals surface area contributed by atoms with Gasteiger partial charge in [0.15, 0.2) is 0 Å². The molecule has 292 valence electrons. The van der Waals surface area contributed by atoms with Crippen LogP contribution in [0.15, 0.2) is 73.6 Å². The van der Waals surface area contributed by atoms with Crippen LogP contribution in [0.4, 0.5) is 0 Å². The molecule has 4 aromatic rings. The average Bonchev–Trinajstić information content (AvgIpc) is 3.88. The second kappa shape index (κ2) is 21.9. The van der Waals surface area contributed by atoms with E-state index in [1.807, 2.05) is 17.5 Å². The second-order valence-electron chi connectivity index (χ2n) is 14.7. The van der Waals surface area contributed by atoms with Crippen molar-refractivity contribution in [2.75, 3.05) is 0 Å². The fourth-order valence-corrected chi connectivity index (χ4v) is 9.33. The first-order valence-electron chi connectivity index (χ1n) is 19.5. The Labute approximate surface area is 339 Å². The number of phenolic OH excluding ortho intramolecular Hbond substituents is 4. The lowest BCUT2D eigenvalue weighted by Gasteiger charge is -2.24. The Bertz CT molecular complexity index is 1820. The number of hydrogen-bond acceptors (Lipinski definition) is 8. The Morgan fingerprint density at radius 1 is 0.704 bits per heavy atom. The van der Waals surface area contributed by atoms with Crippen molar-refractivity contribution in [3.8, 4) is 34.1 Å². The summed E-state index contributed by atoms with van der Waals surface area (Å²) in [7, 11) is -1.30. The summed E-state index contributed by atoms with van der Waals surface area (Å²) in [5, 5.41) is 67.3. The number of hydrogen-bond donors (Lipinski definition) is 6. The number of unbranched alkanes of at least 4 members (excludes halogenated alkanes) is 4. The van der Waals surface area contributed by atoms with Gasteiger partial charge in [-0.25, -0.2) is 0 Å². The van der Waals surface area contributed by atoms with Crippen LogP contribution in [-0.4, -0.2) is 37.6 Å². The summed E-state index contributed by atoms with van der Waals surface area (Å²) < 4.78 is 0.753. The Hall–Kier alpha value is -3.02. The molecule has 0 radical (unpaired) electrons. The molecular weight excluding hydrogens is 779 g/mol. The van der Waals surface area contributed by atoms with Gasteiger partial charge in [0, 0.05) is 28.5 Å². The largest absolute Gasteiger partial charge is 0.507 e. The zero-order valence-corrected chi connectivity index (χ0v) is 35.5. The predicted octanol–water partition coefficient (Wildman–Crippen LogP) is 12.0. The number of benzene rings is 2. The minimum Gasteiger partial charge on any atom is -0.507 e. The third-order valence-corrected chi connectivity index (χ3v) is 12.6. The van der Waals surface area contributed by atoms with Crippen molar-refractivity contribution in [1.29, 1.82) is 0 Å². The summed E-state index contributed by atoms with van der Waals surface area (Å²) in [6.07, 6.45) is 19.4. The van der Waals surface area contributed by atoms with Gasteiger partial charge in [0.2, 0.25) is 0 Å². The van der Waals surface area contributed by atoms with Crippen LogP contribution >= 0.6 is 38.6 Å². The molecule has 0 aliphatic heterocycles. The highest BCUT2D eigenvalue weighted by molar-refractivity contribution is 9.10. The predicted molar refractivity (Wildman–Crippen MR) is 232 cm³/mol. The summed E-state index contributed by atoms with van der Waals surface area (Å²) in [4.78, 5) is 0. The molecule has 2 unspecified atom stereocenters. The molecule has 2 atom stereocenters. The van der Waals surface area contributed by atoms with E-state index in [1.165, 1.54) is 35.3 Å². The van der Waals surface area contributed by atoms with Crippen LogP contribution in [0, 0.1) is 0 Å². The first kappa shape index (κ1) is 43.7. The molecule has 2 aliphatic rings. The van der Waals surface area contributed by atoms with Gasteiger partial charge in [0.25, 0.3) is 0 Å². The van der Waals surface area contributed by atoms with Gasteiger partial charge in [-0.15, -0.1) is 0 Å². The molecule has 6 rings (SSSR count). The van der Waals surface area contributed by atoms with E-state index in [0.29, 0.717) is 16.6 Å². The lowest BCUT2D eigenvalue weighted by atomic mass is 9.82. The highest BCUT2D eigenvalue weighted by atomic mass is 79.9. The van der Waals surface area contributed by atoms with Crippen LogP contribution < -0.4 is 5.46 Å². The van der Waals surface area contributed by atoms with Crippen molar-refractivity contribution >= 4 is 51.2 Å².